The molecule has 2 aromatic heterocycles. The molecule has 1 fully saturated rings. The van der Waals surface area contributed by atoms with Crippen LogP contribution >= 0.6 is 0 Å². The fourth-order valence-electron chi connectivity index (χ4n) is 4.42. The molecule has 13 heteroatoms. The highest BCUT2D eigenvalue weighted by atomic mass is 16.6. The quantitative estimate of drug-likeness (QED) is 0.351. The van der Waals surface area contributed by atoms with Crippen LogP contribution in [0.5, 0.6) is 0 Å². The van der Waals surface area contributed by atoms with Crippen molar-refractivity contribution >= 4 is 30.2 Å². The van der Waals surface area contributed by atoms with Crippen LogP contribution in [-0.2, 0) is 14.3 Å². The van der Waals surface area contributed by atoms with Crippen LogP contribution in [0.3, 0.4) is 0 Å². The van der Waals surface area contributed by atoms with Gasteiger partial charge in [0, 0.05) is 38.8 Å². The summed E-state index contributed by atoms with van der Waals surface area (Å²) in [4.78, 5) is 50.0. The molecule has 0 aromatic carbocycles. The van der Waals surface area contributed by atoms with E-state index in [9.17, 15) is 14.4 Å². The Bertz CT molecular complexity index is 1520. The van der Waals surface area contributed by atoms with Gasteiger partial charge >= 0.3 is 6.09 Å². The van der Waals surface area contributed by atoms with Crippen molar-refractivity contribution in [3.63, 3.8) is 0 Å². The molecular weight excluding hydrogens is 552 g/mol. The fraction of sp³-hybridized carbons (Fsp3) is 0.400. The average Bonchev–Trinajstić information content (AvgIpc) is 2.97. The van der Waals surface area contributed by atoms with E-state index < -0.39 is 11.7 Å². The molecule has 0 bridgehead atoms. The summed E-state index contributed by atoms with van der Waals surface area (Å²) in [6.45, 7) is 13.0. The number of nitrogens with zero attached hydrogens (tertiary/aromatic N) is 6. The van der Waals surface area contributed by atoms with Crippen molar-refractivity contribution in [1.29, 1.82) is 0 Å². The third-order valence-electron chi connectivity index (χ3n) is 6.75. The number of hydrogen-bond donors (Lipinski definition) is 2. The van der Waals surface area contributed by atoms with Crippen molar-refractivity contribution in [3.8, 4) is 5.82 Å². The normalized spacial score (nSPS) is 19.3. The number of hydrazone groups is 1. The molecule has 0 saturated heterocycles. The van der Waals surface area contributed by atoms with Crippen molar-refractivity contribution in [3.05, 3.63) is 76.4 Å². The van der Waals surface area contributed by atoms with Crippen LogP contribution in [0, 0.1) is 0 Å². The Morgan fingerprint density at radius 2 is 1.98 bits per heavy atom. The van der Waals surface area contributed by atoms with Crippen LogP contribution in [0.1, 0.15) is 47.5 Å². The smallest absolute Gasteiger partial charge is 0.415 e. The third kappa shape index (κ3) is 7.17. The zero-order valence-corrected chi connectivity index (χ0v) is 25.3. The highest BCUT2D eigenvalue weighted by Gasteiger charge is 2.35. The topological polar surface area (TPSA) is 143 Å². The van der Waals surface area contributed by atoms with Crippen LogP contribution in [0.15, 0.2) is 80.9 Å². The van der Waals surface area contributed by atoms with Crippen molar-refractivity contribution in [2.45, 2.75) is 65.2 Å². The van der Waals surface area contributed by atoms with Crippen molar-refractivity contribution in [2.75, 3.05) is 19.0 Å². The van der Waals surface area contributed by atoms with Crippen molar-refractivity contribution in [2.24, 2.45) is 10.1 Å². The molecule has 0 spiro atoms. The molecule has 2 aliphatic rings. The van der Waals surface area contributed by atoms with Gasteiger partial charge in [-0.2, -0.15) is 10.1 Å². The summed E-state index contributed by atoms with van der Waals surface area (Å²) in [7, 11) is 1.51. The van der Waals surface area contributed by atoms with Gasteiger partial charge in [-0.25, -0.2) is 14.8 Å². The van der Waals surface area contributed by atoms with E-state index in [4.69, 9.17) is 9.47 Å². The number of carbonyl (C=O) groups excluding carboxylic acids is 2. The molecule has 2 N–H and O–H groups in total. The summed E-state index contributed by atoms with van der Waals surface area (Å²) >= 11 is 0. The van der Waals surface area contributed by atoms with Gasteiger partial charge in [0.1, 0.15) is 28.8 Å². The van der Waals surface area contributed by atoms with Gasteiger partial charge in [0.05, 0.1) is 17.7 Å². The summed E-state index contributed by atoms with van der Waals surface area (Å²) in [5.74, 6) is 0.551. The van der Waals surface area contributed by atoms with Crippen LogP contribution in [0.2, 0.25) is 0 Å². The molecule has 2 aromatic rings. The first-order chi connectivity index (χ1) is 20.4. The minimum Gasteiger partial charge on any atom is -0.443 e. The first kappa shape index (κ1) is 31.2. The van der Waals surface area contributed by atoms with Gasteiger partial charge in [-0.3, -0.25) is 19.1 Å². The Hall–Kier alpha value is -4.78. The van der Waals surface area contributed by atoms with E-state index in [1.165, 1.54) is 27.6 Å². The predicted molar refractivity (Wildman–Crippen MR) is 164 cm³/mol. The minimum atomic E-state index is -0.767. The molecule has 1 saturated carbocycles. The average molecular weight is 591 g/mol. The maximum Gasteiger partial charge on any atom is 0.415 e. The van der Waals surface area contributed by atoms with E-state index in [1.54, 1.807) is 70.4 Å². The first-order valence-electron chi connectivity index (χ1n) is 14.0. The summed E-state index contributed by atoms with van der Waals surface area (Å²) in [6.07, 6.45) is 5.65. The summed E-state index contributed by atoms with van der Waals surface area (Å²) in [5, 5.41) is 11.4. The number of hydrogen-bond acceptors (Lipinski definition) is 10. The number of pyridine rings is 2. The summed E-state index contributed by atoms with van der Waals surface area (Å²) < 4.78 is 12.7. The monoisotopic (exact) mass is 590 g/mol. The molecule has 13 nitrogen and oxygen atoms in total. The number of anilines is 1. The molecule has 1 aliphatic carbocycles. The lowest BCUT2D eigenvalue weighted by Crippen LogP contribution is -2.52. The number of aliphatic imine (C=N–C) groups is 1. The van der Waals surface area contributed by atoms with E-state index in [2.05, 4.69) is 32.4 Å². The highest BCUT2D eigenvalue weighted by molar-refractivity contribution is 6.06. The SMILES string of the molecule is C=NN1C(N(C)C(=O)OC(C)(C)C)=CC(Nc2cccn(-c3ccccn3)c2=O)=N/C1=C(/C)C(=O)N[C@@H]1CC[C@H]1OCC. The van der Waals surface area contributed by atoms with Gasteiger partial charge in [0.25, 0.3) is 11.5 Å². The lowest BCUT2D eigenvalue weighted by Gasteiger charge is -2.37. The Morgan fingerprint density at radius 3 is 2.58 bits per heavy atom. The number of ether oxygens (including phenoxy) is 2. The fourth-order valence-corrected chi connectivity index (χ4v) is 4.42. The molecule has 228 valence electrons. The Morgan fingerprint density at radius 1 is 1.21 bits per heavy atom. The number of amidine groups is 1. The maximum absolute atomic E-state index is 13.4. The lowest BCUT2D eigenvalue weighted by molar-refractivity contribution is -0.121. The van der Waals surface area contributed by atoms with E-state index in [0.717, 1.165) is 12.8 Å². The molecule has 43 heavy (non-hydrogen) atoms. The van der Waals surface area contributed by atoms with E-state index in [0.29, 0.717) is 12.4 Å². The Labute approximate surface area is 250 Å². The predicted octanol–water partition coefficient (Wildman–Crippen LogP) is 3.60. The second-order valence-electron chi connectivity index (χ2n) is 11.0. The maximum atomic E-state index is 13.4. The Balaban J connectivity index is 1.74. The summed E-state index contributed by atoms with van der Waals surface area (Å²) in [6, 6.07) is 8.41. The third-order valence-corrected chi connectivity index (χ3v) is 6.75. The largest absolute Gasteiger partial charge is 0.443 e. The van der Waals surface area contributed by atoms with Gasteiger partial charge in [-0.1, -0.05) is 6.07 Å². The molecule has 1 aliphatic heterocycles. The highest BCUT2D eigenvalue weighted by Crippen LogP contribution is 2.28. The van der Waals surface area contributed by atoms with Crippen LogP contribution in [-0.4, -0.2) is 75.4 Å². The lowest BCUT2D eigenvalue weighted by atomic mass is 9.88. The molecule has 3 heterocycles. The second-order valence-corrected chi connectivity index (χ2v) is 11.0. The van der Waals surface area contributed by atoms with Crippen molar-refractivity contribution < 1.29 is 19.1 Å². The van der Waals surface area contributed by atoms with Gasteiger partial charge < -0.3 is 20.1 Å². The zero-order valence-electron chi connectivity index (χ0n) is 25.3. The number of amides is 2. The standard InChI is InChI=1S/C30H38N8O5/c1-8-42-22-15-14-20(22)34-27(39)19(2)26-35-23(18-25(38(26)31-6)36(7)29(41)43-30(3,4)5)33-21-12-11-17-37(28(21)40)24-13-9-10-16-32-24/h9-13,16-18,20,22H,6,8,14-15H2,1-5,7H3,(H,33,35)(H,34,39)/b26-19+/t20-,22-/m1/s1. The van der Waals surface area contributed by atoms with E-state index in [-0.39, 0.29) is 52.4 Å². The molecular formula is C30H38N8O5. The first-order valence-corrected chi connectivity index (χ1v) is 14.0. The number of carbonyl (C=O) groups is 2. The van der Waals surface area contributed by atoms with Crippen LogP contribution in [0.4, 0.5) is 10.5 Å². The van der Waals surface area contributed by atoms with E-state index >= 15 is 0 Å². The van der Waals surface area contributed by atoms with Crippen molar-refractivity contribution in [1.82, 2.24) is 24.8 Å². The summed E-state index contributed by atoms with van der Waals surface area (Å²) in [5.41, 5.74) is -0.735. The number of rotatable bonds is 8. The van der Waals surface area contributed by atoms with E-state index in [1.807, 2.05) is 6.92 Å². The van der Waals surface area contributed by atoms with Gasteiger partial charge in [-0.05, 0) is 71.7 Å². The molecule has 0 radical (unpaired) electrons. The van der Waals surface area contributed by atoms with Gasteiger partial charge in [-0.15, -0.1) is 0 Å². The molecule has 2 atom stereocenters. The van der Waals surface area contributed by atoms with Gasteiger partial charge in [0.2, 0.25) is 0 Å². The molecule has 2 amide bonds. The zero-order chi connectivity index (χ0) is 31.3. The molecule has 0 unspecified atom stereocenters. The van der Waals surface area contributed by atoms with Crippen LogP contribution < -0.4 is 16.2 Å². The number of nitrogens with one attached hydrogen (secondary N) is 2. The minimum absolute atomic E-state index is 0.0550. The second kappa shape index (κ2) is 13.0. The van der Waals surface area contributed by atoms with Gasteiger partial charge in [0.15, 0.2) is 5.82 Å². The number of aromatic nitrogens is 2. The van der Waals surface area contributed by atoms with Crippen LogP contribution in [0.25, 0.3) is 5.82 Å². The molecule has 4 rings (SSSR count). The Kier molecular flexibility index (Phi) is 9.44.